The van der Waals surface area contributed by atoms with Crippen molar-refractivity contribution in [2.45, 2.75) is 13.3 Å². The first-order valence-electron chi connectivity index (χ1n) is 10.2. The van der Waals surface area contributed by atoms with Crippen molar-refractivity contribution in [2.24, 2.45) is 0 Å². The van der Waals surface area contributed by atoms with Crippen LogP contribution in [0.5, 0.6) is 0 Å². The quantitative estimate of drug-likeness (QED) is 0.344. The van der Waals surface area contributed by atoms with E-state index in [1.54, 1.807) is 31.4 Å². The molecule has 0 aliphatic rings. The minimum atomic E-state index is -1.20. The van der Waals surface area contributed by atoms with Gasteiger partial charge < -0.3 is 24.6 Å². The molecule has 0 saturated carbocycles. The molecule has 0 aliphatic carbocycles. The number of aryl methyl sites for hydroxylation is 1. The van der Waals surface area contributed by atoms with E-state index in [0.29, 0.717) is 27.1 Å². The van der Waals surface area contributed by atoms with Gasteiger partial charge >= 0.3 is 11.6 Å². The van der Waals surface area contributed by atoms with Gasteiger partial charge in [-0.05, 0) is 36.2 Å². The van der Waals surface area contributed by atoms with E-state index in [0.717, 1.165) is 16.5 Å². The van der Waals surface area contributed by atoms with Crippen LogP contribution < -0.4 is 16.3 Å². The molecule has 0 bridgehead atoms. The Kier molecular flexibility index (Phi) is 6.38. The molecule has 2 aromatic carbocycles. The molecule has 4 rings (SSSR count). The number of furan rings is 1. The van der Waals surface area contributed by atoms with Gasteiger partial charge in [0.2, 0.25) is 11.8 Å². The predicted molar refractivity (Wildman–Crippen MR) is 125 cm³/mol. The standard InChI is InChI=1S/C24H19ClN2O7/c1-12-15-6-17-18(13-2-4-14(25)5-3-13)11-33-19(17)8-20(15)34-24(32)16(12)7-21(28)26-9-22(29)27-10-23(30)31/h2-6,8,11H,7,9-10H2,1H3,(H,26,28)(H,27,29)(H,30,31). The zero-order valence-corrected chi connectivity index (χ0v) is 18.7. The summed E-state index contributed by atoms with van der Waals surface area (Å²) in [5.74, 6) is -2.43. The van der Waals surface area contributed by atoms with Crippen molar-refractivity contribution in [3.8, 4) is 11.1 Å². The number of aliphatic carboxylic acids is 1. The molecule has 34 heavy (non-hydrogen) atoms. The topological polar surface area (TPSA) is 139 Å². The molecule has 0 saturated heterocycles. The predicted octanol–water partition coefficient (Wildman–Crippen LogP) is 3.03. The van der Waals surface area contributed by atoms with Gasteiger partial charge in [0.1, 0.15) is 17.7 Å². The Labute approximate surface area is 197 Å². The van der Waals surface area contributed by atoms with Gasteiger partial charge in [-0.1, -0.05) is 23.7 Å². The minimum absolute atomic E-state index is 0.159. The lowest BCUT2D eigenvalue weighted by Gasteiger charge is -2.09. The number of carboxylic acid groups (broad SMARTS) is 1. The number of amides is 2. The number of carbonyl (C=O) groups is 3. The fourth-order valence-corrected chi connectivity index (χ4v) is 3.73. The maximum Gasteiger partial charge on any atom is 0.340 e. The lowest BCUT2D eigenvalue weighted by Crippen LogP contribution is -2.39. The molecule has 9 nitrogen and oxygen atoms in total. The zero-order valence-electron chi connectivity index (χ0n) is 17.9. The molecule has 0 unspecified atom stereocenters. The van der Waals surface area contributed by atoms with E-state index < -0.39 is 36.5 Å². The highest BCUT2D eigenvalue weighted by atomic mass is 35.5. The average Bonchev–Trinajstić information content (AvgIpc) is 3.21. The monoisotopic (exact) mass is 482 g/mol. The second-order valence-electron chi connectivity index (χ2n) is 7.62. The Hall–Kier alpha value is -4.11. The van der Waals surface area contributed by atoms with Crippen molar-refractivity contribution in [3.63, 3.8) is 0 Å². The fraction of sp³-hybridized carbons (Fsp3) is 0.167. The number of nitrogens with one attached hydrogen (secondary N) is 2. The number of halogens is 1. The molecular formula is C24H19ClN2O7. The van der Waals surface area contributed by atoms with Gasteiger partial charge in [0.25, 0.3) is 0 Å². The summed E-state index contributed by atoms with van der Waals surface area (Å²) in [4.78, 5) is 47.0. The second-order valence-corrected chi connectivity index (χ2v) is 8.05. The Morgan fingerprint density at radius 3 is 2.38 bits per heavy atom. The fourth-order valence-electron chi connectivity index (χ4n) is 3.61. The third-order valence-corrected chi connectivity index (χ3v) is 5.61. The van der Waals surface area contributed by atoms with Gasteiger partial charge in [-0.15, -0.1) is 0 Å². The first-order chi connectivity index (χ1) is 16.2. The van der Waals surface area contributed by atoms with Crippen molar-refractivity contribution < 1.29 is 28.3 Å². The van der Waals surface area contributed by atoms with E-state index in [-0.39, 0.29) is 12.0 Å². The van der Waals surface area contributed by atoms with Gasteiger partial charge in [-0.2, -0.15) is 0 Å². The van der Waals surface area contributed by atoms with Gasteiger partial charge in [-0.25, -0.2) is 4.79 Å². The summed E-state index contributed by atoms with van der Waals surface area (Å²) in [6.45, 7) is 0.752. The van der Waals surface area contributed by atoms with E-state index >= 15 is 0 Å². The number of fused-ring (bicyclic) bond motifs is 2. The van der Waals surface area contributed by atoms with Crippen LogP contribution in [0.1, 0.15) is 11.1 Å². The van der Waals surface area contributed by atoms with Crippen LogP contribution in [0.4, 0.5) is 0 Å². The lowest BCUT2D eigenvalue weighted by molar-refractivity contribution is -0.137. The highest BCUT2D eigenvalue weighted by molar-refractivity contribution is 6.30. The number of carbonyl (C=O) groups excluding carboxylic acids is 2. The Morgan fingerprint density at radius 2 is 1.68 bits per heavy atom. The first-order valence-corrected chi connectivity index (χ1v) is 10.6. The van der Waals surface area contributed by atoms with Gasteiger partial charge in [-0.3, -0.25) is 14.4 Å². The highest BCUT2D eigenvalue weighted by Gasteiger charge is 2.18. The van der Waals surface area contributed by atoms with Crippen molar-refractivity contribution in [3.05, 3.63) is 69.2 Å². The van der Waals surface area contributed by atoms with Gasteiger partial charge in [0, 0.05) is 27.4 Å². The number of rotatable bonds is 7. The summed E-state index contributed by atoms with van der Waals surface area (Å²) in [5, 5.41) is 15.1. The molecule has 0 fully saturated rings. The molecule has 174 valence electrons. The summed E-state index contributed by atoms with van der Waals surface area (Å²) in [5.41, 5.74) is 2.67. The molecule has 0 aliphatic heterocycles. The molecule has 0 radical (unpaired) electrons. The van der Waals surface area contributed by atoms with Gasteiger partial charge in [0.15, 0.2) is 0 Å². The average molecular weight is 483 g/mol. The van der Waals surface area contributed by atoms with E-state index in [9.17, 15) is 19.2 Å². The Morgan fingerprint density at radius 1 is 0.971 bits per heavy atom. The third-order valence-electron chi connectivity index (χ3n) is 5.36. The largest absolute Gasteiger partial charge is 0.480 e. The first kappa shape index (κ1) is 23.1. The van der Waals surface area contributed by atoms with Gasteiger partial charge in [0.05, 0.1) is 24.8 Å². The van der Waals surface area contributed by atoms with Crippen molar-refractivity contribution in [1.29, 1.82) is 0 Å². The number of hydrogen-bond donors (Lipinski definition) is 3. The van der Waals surface area contributed by atoms with E-state index in [1.807, 2.05) is 18.2 Å². The highest BCUT2D eigenvalue weighted by Crippen LogP contribution is 2.35. The van der Waals surface area contributed by atoms with Crippen LogP contribution in [0.15, 0.2) is 56.3 Å². The molecule has 2 heterocycles. The van der Waals surface area contributed by atoms with E-state index in [2.05, 4.69) is 10.6 Å². The summed E-state index contributed by atoms with van der Waals surface area (Å²) in [6.07, 6.45) is 1.31. The maximum atomic E-state index is 12.6. The summed E-state index contributed by atoms with van der Waals surface area (Å²) < 4.78 is 11.1. The van der Waals surface area contributed by atoms with E-state index in [1.165, 1.54) is 0 Å². The van der Waals surface area contributed by atoms with Crippen LogP contribution in [-0.2, 0) is 20.8 Å². The van der Waals surface area contributed by atoms with Crippen molar-refractivity contribution in [1.82, 2.24) is 10.6 Å². The Balaban J connectivity index is 1.62. The van der Waals surface area contributed by atoms with Crippen molar-refractivity contribution in [2.75, 3.05) is 13.1 Å². The van der Waals surface area contributed by atoms with Crippen LogP contribution >= 0.6 is 11.6 Å². The summed E-state index contributed by atoms with van der Waals surface area (Å²) >= 11 is 5.99. The molecule has 2 aromatic heterocycles. The molecule has 2 amide bonds. The molecule has 3 N–H and O–H groups in total. The SMILES string of the molecule is Cc1c(CC(=O)NCC(=O)NCC(=O)O)c(=O)oc2cc3occ(-c4ccc(Cl)cc4)c3cc12. The molecule has 0 atom stereocenters. The van der Waals surface area contributed by atoms with Crippen LogP contribution in [0, 0.1) is 6.92 Å². The van der Waals surface area contributed by atoms with Crippen LogP contribution in [0.2, 0.25) is 5.02 Å². The van der Waals surface area contributed by atoms with Crippen LogP contribution in [0.25, 0.3) is 33.1 Å². The molecule has 0 spiro atoms. The van der Waals surface area contributed by atoms with Crippen LogP contribution in [0.3, 0.4) is 0 Å². The maximum absolute atomic E-state index is 12.6. The minimum Gasteiger partial charge on any atom is -0.480 e. The third kappa shape index (κ3) is 4.79. The summed E-state index contributed by atoms with van der Waals surface area (Å²) in [7, 11) is 0. The van der Waals surface area contributed by atoms with E-state index in [4.69, 9.17) is 25.5 Å². The van der Waals surface area contributed by atoms with Crippen LogP contribution in [-0.4, -0.2) is 36.0 Å². The molecular weight excluding hydrogens is 464 g/mol. The number of benzene rings is 2. The van der Waals surface area contributed by atoms with Crippen molar-refractivity contribution >= 4 is 51.3 Å². The molecule has 10 heteroatoms. The Bertz CT molecular complexity index is 1490. The lowest BCUT2D eigenvalue weighted by atomic mass is 9.99. The zero-order chi connectivity index (χ0) is 24.4. The normalized spacial score (nSPS) is 11.0. The number of carboxylic acids is 1. The smallest absolute Gasteiger partial charge is 0.340 e. The second kappa shape index (κ2) is 9.40. The number of hydrogen-bond acceptors (Lipinski definition) is 6. The molecule has 4 aromatic rings. The summed E-state index contributed by atoms with van der Waals surface area (Å²) in [6, 6.07) is 10.8.